The molecule has 1 amide bonds. The fourth-order valence-electron chi connectivity index (χ4n) is 2.72. The number of anilines is 1. The first-order valence-electron chi connectivity index (χ1n) is 6.66. The lowest BCUT2D eigenvalue weighted by molar-refractivity contribution is 0.0928. The van der Waals surface area contributed by atoms with Crippen LogP contribution in [-0.4, -0.2) is 10.9 Å². The second-order valence-electron chi connectivity index (χ2n) is 5.11. The number of nitrogen functional groups attached to an aromatic ring is 1. The van der Waals surface area contributed by atoms with Crippen molar-refractivity contribution in [3.05, 3.63) is 50.9 Å². The van der Waals surface area contributed by atoms with E-state index in [0.717, 1.165) is 28.5 Å². The van der Waals surface area contributed by atoms with Gasteiger partial charge in [-0.05, 0) is 71.2 Å². The Morgan fingerprint density at radius 1 is 1.40 bits per heavy atom. The van der Waals surface area contributed by atoms with Crippen molar-refractivity contribution in [2.75, 3.05) is 5.73 Å². The van der Waals surface area contributed by atoms with Gasteiger partial charge in [0.15, 0.2) is 0 Å². The van der Waals surface area contributed by atoms with Gasteiger partial charge in [0.2, 0.25) is 0 Å². The summed E-state index contributed by atoms with van der Waals surface area (Å²) in [4.78, 5) is 15.2. The van der Waals surface area contributed by atoms with Crippen LogP contribution in [0.4, 0.5) is 5.69 Å². The minimum absolute atomic E-state index is 0.0532. The van der Waals surface area contributed by atoms with Crippen molar-refractivity contribution < 1.29 is 4.79 Å². The third-order valence-corrected chi connectivity index (χ3v) is 4.30. The van der Waals surface area contributed by atoms with E-state index in [1.54, 1.807) is 0 Å². The van der Waals surface area contributed by atoms with Crippen LogP contribution in [0, 0.1) is 3.57 Å². The van der Waals surface area contributed by atoms with E-state index in [2.05, 4.69) is 32.9 Å². The van der Waals surface area contributed by atoms with Gasteiger partial charge in [-0.1, -0.05) is 6.07 Å². The smallest absolute Gasteiger partial charge is 0.268 e. The zero-order valence-corrected chi connectivity index (χ0v) is 13.1. The average molecular weight is 381 g/mol. The number of H-pyrrole nitrogens is 1. The van der Waals surface area contributed by atoms with Crippen LogP contribution >= 0.6 is 22.6 Å². The maximum absolute atomic E-state index is 12.2. The highest BCUT2D eigenvalue weighted by molar-refractivity contribution is 14.1. The second-order valence-corrected chi connectivity index (χ2v) is 6.35. The Hall–Kier alpha value is -1.50. The number of fused-ring (bicyclic) bond motifs is 1. The summed E-state index contributed by atoms with van der Waals surface area (Å²) < 4.78 is 1.03. The van der Waals surface area contributed by atoms with Gasteiger partial charge in [-0.3, -0.25) is 4.79 Å². The summed E-state index contributed by atoms with van der Waals surface area (Å²) in [7, 11) is 0. The molecule has 1 heterocycles. The first-order valence-corrected chi connectivity index (χ1v) is 7.74. The van der Waals surface area contributed by atoms with Crippen molar-refractivity contribution >= 4 is 34.2 Å². The topological polar surface area (TPSA) is 70.9 Å². The third kappa shape index (κ3) is 2.67. The highest BCUT2D eigenvalue weighted by atomic mass is 127. The zero-order valence-electron chi connectivity index (χ0n) is 10.9. The lowest BCUT2D eigenvalue weighted by atomic mass is 9.87. The Balaban J connectivity index is 1.81. The van der Waals surface area contributed by atoms with Crippen LogP contribution in [0.2, 0.25) is 0 Å². The highest BCUT2D eigenvalue weighted by Gasteiger charge is 2.22. The van der Waals surface area contributed by atoms with Gasteiger partial charge in [0, 0.05) is 15.5 Å². The Morgan fingerprint density at radius 3 is 3.00 bits per heavy atom. The minimum Gasteiger partial charge on any atom is -0.399 e. The van der Waals surface area contributed by atoms with Crippen LogP contribution in [0.3, 0.4) is 0 Å². The average Bonchev–Trinajstić information content (AvgIpc) is 2.85. The van der Waals surface area contributed by atoms with E-state index in [1.807, 2.05) is 30.5 Å². The first kappa shape index (κ1) is 13.5. The summed E-state index contributed by atoms with van der Waals surface area (Å²) in [5.74, 6) is -0.0532. The molecule has 0 saturated carbocycles. The van der Waals surface area contributed by atoms with Crippen LogP contribution in [0.1, 0.15) is 40.5 Å². The predicted octanol–water partition coefficient (Wildman–Crippen LogP) is 3.01. The molecule has 1 aromatic heterocycles. The van der Waals surface area contributed by atoms with Gasteiger partial charge in [-0.25, -0.2) is 0 Å². The van der Waals surface area contributed by atoms with E-state index >= 15 is 0 Å². The molecule has 5 heteroatoms. The molecule has 1 unspecified atom stereocenters. The SMILES string of the molecule is Nc1ccc2c(c1)CCCC2NC(=O)c1cc(I)c[nH]1. The molecule has 2 aromatic rings. The molecule has 4 nitrogen and oxygen atoms in total. The molecule has 0 bridgehead atoms. The number of rotatable bonds is 2. The summed E-state index contributed by atoms with van der Waals surface area (Å²) in [6.07, 6.45) is 4.91. The van der Waals surface area contributed by atoms with Gasteiger partial charge in [-0.15, -0.1) is 0 Å². The van der Waals surface area contributed by atoms with E-state index in [1.165, 1.54) is 11.1 Å². The number of benzene rings is 1. The normalized spacial score (nSPS) is 17.6. The molecule has 1 atom stereocenters. The van der Waals surface area contributed by atoms with E-state index in [-0.39, 0.29) is 11.9 Å². The number of hydrogen-bond donors (Lipinski definition) is 3. The molecule has 3 rings (SSSR count). The summed E-state index contributed by atoms with van der Waals surface area (Å²) in [5.41, 5.74) is 9.67. The van der Waals surface area contributed by atoms with Gasteiger partial charge in [0.25, 0.3) is 5.91 Å². The molecule has 0 radical (unpaired) electrons. The lowest BCUT2D eigenvalue weighted by Gasteiger charge is -2.26. The van der Waals surface area contributed by atoms with E-state index in [0.29, 0.717) is 5.69 Å². The molecule has 0 spiro atoms. The number of nitrogens with one attached hydrogen (secondary N) is 2. The molecule has 4 N–H and O–H groups in total. The first-order chi connectivity index (χ1) is 9.63. The number of aryl methyl sites for hydroxylation is 1. The number of hydrogen-bond acceptors (Lipinski definition) is 2. The van der Waals surface area contributed by atoms with Crippen molar-refractivity contribution in [3.63, 3.8) is 0 Å². The second kappa shape index (κ2) is 5.47. The molecule has 1 aliphatic carbocycles. The van der Waals surface area contributed by atoms with E-state index in [4.69, 9.17) is 5.73 Å². The minimum atomic E-state index is -0.0532. The van der Waals surface area contributed by atoms with Crippen LogP contribution in [0.5, 0.6) is 0 Å². The number of aromatic amines is 1. The molecule has 0 fully saturated rings. The van der Waals surface area contributed by atoms with E-state index < -0.39 is 0 Å². The molecular formula is C15H16IN3O. The fraction of sp³-hybridized carbons (Fsp3) is 0.267. The molecule has 104 valence electrons. The number of carbonyl (C=O) groups is 1. The third-order valence-electron chi connectivity index (χ3n) is 3.68. The highest BCUT2D eigenvalue weighted by Crippen LogP contribution is 2.31. The quantitative estimate of drug-likeness (QED) is 0.553. The molecule has 1 aromatic carbocycles. The van der Waals surface area contributed by atoms with Crippen LogP contribution in [0.25, 0.3) is 0 Å². The Kier molecular flexibility index (Phi) is 3.69. The molecule has 0 aliphatic heterocycles. The van der Waals surface area contributed by atoms with Gasteiger partial charge in [0.05, 0.1) is 6.04 Å². The largest absolute Gasteiger partial charge is 0.399 e. The number of halogens is 1. The van der Waals surface area contributed by atoms with Crippen LogP contribution < -0.4 is 11.1 Å². The van der Waals surface area contributed by atoms with Crippen molar-refractivity contribution in [1.29, 1.82) is 0 Å². The Morgan fingerprint density at radius 2 is 2.25 bits per heavy atom. The molecule has 0 saturated heterocycles. The summed E-state index contributed by atoms with van der Waals surface area (Å²) in [5, 5.41) is 3.11. The maximum Gasteiger partial charge on any atom is 0.268 e. The van der Waals surface area contributed by atoms with Gasteiger partial charge < -0.3 is 16.0 Å². The lowest BCUT2D eigenvalue weighted by Crippen LogP contribution is -2.31. The van der Waals surface area contributed by atoms with Gasteiger partial charge in [0.1, 0.15) is 5.69 Å². The molecular weight excluding hydrogens is 365 g/mol. The Labute approximate surface area is 131 Å². The van der Waals surface area contributed by atoms with Crippen LogP contribution in [-0.2, 0) is 6.42 Å². The molecule has 20 heavy (non-hydrogen) atoms. The van der Waals surface area contributed by atoms with Crippen molar-refractivity contribution in [2.24, 2.45) is 0 Å². The fourth-order valence-corrected chi connectivity index (χ4v) is 3.19. The zero-order chi connectivity index (χ0) is 14.1. The molecule has 1 aliphatic rings. The van der Waals surface area contributed by atoms with Crippen molar-refractivity contribution in [1.82, 2.24) is 10.3 Å². The van der Waals surface area contributed by atoms with Gasteiger partial charge >= 0.3 is 0 Å². The number of nitrogens with two attached hydrogens (primary N) is 1. The van der Waals surface area contributed by atoms with Crippen molar-refractivity contribution in [2.45, 2.75) is 25.3 Å². The van der Waals surface area contributed by atoms with Crippen molar-refractivity contribution in [3.8, 4) is 0 Å². The van der Waals surface area contributed by atoms with Crippen LogP contribution in [0.15, 0.2) is 30.5 Å². The van der Waals surface area contributed by atoms with E-state index in [9.17, 15) is 4.79 Å². The number of amides is 1. The predicted molar refractivity (Wildman–Crippen MR) is 87.5 cm³/mol. The Bertz CT molecular complexity index is 650. The summed E-state index contributed by atoms with van der Waals surface area (Å²) in [6.45, 7) is 0. The maximum atomic E-state index is 12.2. The summed E-state index contributed by atoms with van der Waals surface area (Å²) in [6, 6.07) is 7.88. The summed E-state index contributed by atoms with van der Waals surface area (Å²) >= 11 is 2.18. The van der Waals surface area contributed by atoms with Gasteiger partial charge in [-0.2, -0.15) is 0 Å². The standard InChI is InChI=1S/C15H16IN3O/c16-10-7-14(18-8-10)15(20)19-13-3-1-2-9-6-11(17)4-5-12(9)13/h4-8,13,18H,1-3,17H2,(H,19,20). The number of carbonyl (C=O) groups excluding carboxylic acids is 1. The monoisotopic (exact) mass is 381 g/mol. The number of aromatic nitrogens is 1.